The summed E-state index contributed by atoms with van der Waals surface area (Å²) in [6, 6.07) is 26.8. The Morgan fingerprint density at radius 3 is 1.62 bits per heavy atom. The predicted molar refractivity (Wildman–Crippen MR) is 144 cm³/mol. The Bertz CT molecular complexity index is 979. The molecule has 3 rings (SSSR count). The SMILES string of the molecule is CCC(C)c1ccccc1OP(=S)(Oc1ccccc1C(C)CC)SCc1ccccc1. The highest BCUT2D eigenvalue weighted by Gasteiger charge is 2.27. The predicted octanol–water partition coefficient (Wildman–Crippen LogP) is 9.33. The third-order valence-corrected chi connectivity index (χ3v) is 10.6. The van der Waals surface area contributed by atoms with Gasteiger partial charge in [0.05, 0.1) is 0 Å². The summed E-state index contributed by atoms with van der Waals surface area (Å²) in [5, 5.41) is 0. The molecule has 0 N–H and O–H groups in total. The molecule has 0 aliphatic carbocycles. The fourth-order valence-corrected chi connectivity index (χ4v) is 7.55. The normalized spacial score (nSPS) is 14.9. The zero-order valence-corrected chi connectivity index (χ0v) is 21.9. The molecule has 32 heavy (non-hydrogen) atoms. The molecule has 0 saturated carbocycles. The molecule has 0 radical (unpaired) electrons. The van der Waals surface area contributed by atoms with E-state index >= 15 is 0 Å². The van der Waals surface area contributed by atoms with Crippen LogP contribution in [0.1, 0.15) is 69.1 Å². The van der Waals surface area contributed by atoms with Crippen LogP contribution in [0.15, 0.2) is 78.9 Å². The molecular formula is C27H33O2PS2. The van der Waals surface area contributed by atoms with Gasteiger partial charge in [-0.3, -0.25) is 0 Å². The zero-order valence-electron chi connectivity index (χ0n) is 19.4. The van der Waals surface area contributed by atoms with Crippen LogP contribution in [0.25, 0.3) is 0 Å². The quantitative estimate of drug-likeness (QED) is 0.252. The number of para-hydroxylation sites is 2. The Labute approximate surface area is 202 Å². The van der Waals surface area contributed by atoms with E-state index in [1.54, 1.807) is 11.4 Å². The van der Waals surface area contributed by atoms with Crippen LogP contribution in [0.5, 0.6) is 11.5 Å². The topological polar surface area (TPSA) is 18.5 Å². The molecule has 0 aromatic heterocycles. The third kappa shape index (κ3) is 6.63. The molecular weight excluding hydrogens is 451 g/mol. The maximum Gasteiger partial charge on any atom is 0.348 e. The second-order valence-electron chi connectivity index (χ2n) is 8.08. The molecule has 2 nitrogen and oxygen atoms in total. The first-order valence-electron chi connectivity index (χ1n) is 11.3. The van der Waals surface area contributed by atoms with Gasteiger partial charge in [0.25, 0.3) is 0 Å². The van der Waals surface area contributed by atoms with Gasteiger partial charge in [-0.2, -0.15) is 0 Å². The van der Waals surface area contributed by atoms with Crippen molar-refractivity contribution in [2.45, 2.75) is 58.1 Å². The average Bonchev–Trinajstić information content (AvgIpc) is 2.83. The lowest BCUT2D eigenvalue weighted by Gasteiger charge is -2.27. The van der Waals surface area contributed by atoms with E-state index in [1.165, 1.54) is 16.7 Å². The first-order valence-corrected chi connectivity index (χ1v) is 15.5. The summed E-state index contributed by atoms with van der Waals surface area (Å²) in [6.45, 7) is 8.84. The monoisotopic (exact) mass is 484 g/mol. The lowest BCUT2D eigenvalue weighted by atomic mass is 9.98. The van der Waals surface area contributed by atoms with Gasteiger partial charge in [-0.1, -0.05) is 94.4 Å². The molecule has 0 aliphatic rings. The molecule has 0 amide bonds. The van der Waals surface area contributed by atoms with Crippen molar-refractivity contribution in [2.24, 2.45) is 0 Å². The molecule has 0 aliphatic heterocycles. The highest BCUT2D eigenvalue weighted by molar-refractivity contribution is 8.67. The van der Waals surface area contributed by atoms with E-state index in [0.717, 1.165) is 30.1 Å². The van der Waals surface area contributed by atoms with Gasteiger partial charge in [0.15, 0.2) is 0 Å². The summed E-state index contributed by atoms with van der Waals surface area (Å²) in [5.41, 5.74) is 0.847. The van der Waals surface area contributed by atoms with Crippen LogP contribution in [-0.4, -0.2) is 0 Å². The summed E-state index contributed by atoms with van der Waals surface area (Å²) < 4.78 is 13.2. The first kappa shape index (κ1) is 24.9. The van der Waals surface area contributed by atoms with Crippen LogP contribution < -0.4 is 9.05 Å². The highest BCUT2D eigenvalue weighted by atomic mass is 32.9. The lowest BCUT2D eigenvalue weighted by molar-refractivity contribution is 0.491. The fourth-order valence-electron chi connectivity index (χ4n) is 3.42. The molecule has 0 spiro atoms. The summed E-state index contributed by atoms with van der Waals surface area (Å²) in [7, 11) is 0. The second-order valence-corrected chi connectivity index (χ2v) is 14.2. The Morgan fingerprint density at radius 1 is 0.719 bits per heavy atom. The van der Waals surface area contributed by atoms with Crippen molar-refractivity contribution in [3.63, 3.8) is 0 Å². The van der Waals surface area contributed by atoms with Crippen molar-refractivity contribution in [1.29, 1.82) is 0 Å². The minimum absolute atomic E-state index is 0.390. The Morgan fingerprint density at radius 2 is 1.16 bits per heavy atom. The molecule has 0 bridgehead atoms. The van der Waals surface area contributed by atoms with Crippen LogP contribution in [0.2, 0.25) is 0 Å². The third-order valence-electron chi connectivity index (χ3n) is 5.78. The molecule has 2 atom stereocenters. The van der Waals surface area contributed by atoms with Crippen molar-refractivity contribution in [2.75, 3.05) is 0 Å². The van der Waals surface area contributed by atoms with Gasteiger partial charge in [-0.25, -0.2) is 0 Å². The molecule has 170 valence electrons. The number of hydrogen-bond donors (Lipinski definition) is 0. The summed E-state index contributed by atoms with van der Waals surface area (Å²) >= 11 is 7.76. The number of rotatable bonds is 11. The van der Waals surface area contributed by atoms with E-state index in [0.29, 0.717) is 11.8 Å². The Hall–Kier alpha value is -1.74. The molecule has 5 heteroatoms. The van der Waals surface area contributed by atoms with Gasteiger partial charge in [0.2, 0.25) is 0 Å². The van der Waals surface area contributed by atoms with Crippen molar-refractivity contribution in [3.05, 3.63) is 95.6 Å². The van der Waals surface area contributed by atoms with Crippen LogP contribution >= 0.6 is 17.1 Å². The van der Waals surface area contributed by atoms with Gasteiger partial charge in [-0.05, 0) is 76.7 Å². The Kier molecular flexibility index (Phi) is 9.28. The Balaban J connectivity index is 1.95. The lowest BCUT2D eigenvalue weighted by Crippen LogP contribution is -2.04. The fraction of sp³-hybridized carbons (Fsp3) is 0.333. The molecule has 3 aromatic carbocycles. The van der Waals surface area contributed by atoms with Crippen molar-refractivity contribution < 1.29 is 9.05 Å². The summed E-state index contributed by atoms with van der Waals surface area (Å²) in [6.07, 6.45) is 2.08. The molecule has 0 saturated heterocycles. The van der Waals surface area contributed by atoms with E-state index in [2.05, 4.69) is 76.2 Å². The van der Waals surface area contributed by atoms with Crippen LogP contribution in [0.3, 0.4) is 0 Å². The van der Waals surface area contributed by atoms with Gasteiger partial charge >= 0.3 is 5.69 Å². The van der Waals surface area contributed by atoms with Crippen LogP contribution in [-0.2, 0) is 17.6 Å². The standard InChI is InChI=1S/C27H33O2PS2/c1-5-21(3)24-16-10-12-18-26(24)28-30(31,32-20-23-14-8-7-9-15-23)29-27-19-13-11-17-25(27)22(4)6-2/h7-19,21-22H,5-6,20H2,1-4H3. The summed E-state index contributed by atoms with van der Waals surface area (Å²) in [5.74, 6) is 3.20. The summed E-state index contributed by atoms with van der Waals surface area (Å²) in [4.78, 5) is 0. The minimum atomic E-state index is -2.73. The van der Waals surface area contributed by atoms with Gasteiger partial charge in [-0.15, -0.1) is 0 Å². The second kappa shape index (κ2) is 11.9. The minimum Gasteiger partial charge on any atom is -0.428 e. The van der Waals surface area contributed by atoms with Crippen molar-refractivity contribution in [3.8, 4) is 11.5 Å². The van der Waals surface area contributed by atoms with Gasteiger partial charge in [0.1, 0.15) is 11.5 Å². The van der Waals surface area contributed by atoms with Crippen molar-refractivity contribution >= 4 is 28.9 Å². The van der Waals surface area contributed by atoms with E-state index in [1.807, 2.05) is 30.3 Å². The van der Waals surface area contributed by atoms with Gasteiger partial charge in [0, 0.05) is 5.75 Å². The van der Waals surface area contributed by atoms with Crippen LogP contribution in [0, 0.1) is 0 Å². The van der Waals surface area contributed by atoms with Gasteiger partial charge < -0.3 is 9.05 Å². The number of hydrogen-bond acceptors (Lipinski definition) is 4. The molecule has 0 heterocycles. The first-order chi connectivity index (χ1) is 15.5. The van der Waals surface area contributed by atoms with Crippen molar-refractivity contribution in [1.82, 2.24) is 0 Å². The van der Waals surface area contributed by atoms with E-state index < -0.39 is 5.69 Å². The average molecular weight is 485 g/mol. The van der Waals surface area contributed by atoms with E-state index in [9.17, 15) is 0 Å². The maximum absolute atomic E-state index is 6.62. The molecule has 0 fully saturated rings. The van der Waals surface area contributed by atoms with E-state index in [-0.39, 0.29) is 0 Å². The highest BCUT2D eigenvalue weighted by Crippen LogP contribution is 2.62. The zero-order chi connectivity index (χ0) is 23.0. The molecule has 3 aromatic rings. The molecule has 2 unspecified atom stereocenters. The maximum atomic E-state index is 6.62. The largest absolute Gasteiger partial charge is 0.428 e. The van der Waals surface area contributed by atoms with E-state index in [4.69, 9.17) is 20.9 Å². The number of benzene rings is 3. The van der Waals surface area contributed by atoms with Crippen LogP contribution in [0.4, 0.5) is 0 Å². The smallest absolute Gasteiger partial charge is 0.348 e.